The van der Waals surface area contributed by atoms with Gasteiger partial charge in [-0.25, -0.2) is 4.39 Å². The SMILES string of the molecule is Nc1c(-c2nc(-c3cccs3)no2)nnn1-c1cccc(F)c1. The zero-order valence-corrected chi connectivity index (χ0v) is 12.4. The first-order valence-electron chi connectivity index (χ1n) is 6.57. The second kappa shape index (κ2) is 5.29. The number of nitrogens with two attached hydrogens (primary N) is 1. The van der Waals surface area contributed by atoms with Crippen molar-refractivity contribution in [3.05, 3.63) is 47.6 Å². The number of halogens is 1. The van der Waals surface area contributed by atoms with Crippen molar-refractivity contribution in [2.24, 2.45) is 0 Å². The molecule has 4 aromatic rings. The van der Waals surface area contributed by atoms with Gasteiger partial charge in [-0.1, -0.05) is 22.5 Å². The van der Waals surface area contributed by atoms with Crippen molar-refractivity contribution in [1.82, 2.24) is 25.1 Å². The Hall–Kier alpha value is -3.07. The van der Waals surface area contributed by atoms with Crippen LogP contribution in [0.5, 0.6) is 0 Å². The highest BCUT2D eigenvalue weighted by Gasteiger charge is 2.20. The fraction of sp³-hybridized carbons (Fsp3) is 0. The number of rotatable bonds is 3. The van der Waals surface area contributed by atoms with Crippen LogP contribution in [0, 0.1) is 5.82 Å². The lowest BCUT2D eigenvalue weighted by molar-refractivity contribution is 0.431. The largest absolute Gasteiger partial charge is 0.382 e. The molecule has 0 atom stereocenters. The average Bonchev–Trinajstić information content (AvgIpc) is 3.27. The lowest BCUT2D eigenvalue weighted by atomic mass is 10.3. The minimum absolute atomic E-state index is 0.161. The normalized spacial score (nSPS) is 11.0. The quantitative estimate of drug-likeness (QED) is 0.621. The molecule has 1 aromatic carbocycles. The minimum atomic E-state index is -0.392. The van der Waals surface area contributed by atoms with E-state index in [0.29, 0.717) is 11.5 Å². The third-order valence-corrected chi connectivity index (χ3v) is 3.99. The lowest BCUT2D eigenvalue weighted by Gasteiger charge is -2.02. The van der Waals surface area contributed by atoms with Crippen molar-refractivity contribution in [2.45, 2.75) is 0 Å². The van der Waals surface area contributed by atoms with Gasteiger partial charge in [0.1, 0.15) is 5.82 Å². The Kier molecular flexibility index (Phi) is 3.12. The Labute approximate surface area is 133 Å². The molecule has 7 nitrogen and oxygen atoms in total. The minimum Gasteiger partial charge on any atom is -0.382 e. The molecule has 9 heteroatoms. The maximum atomic E-state index is 13.3. The highest BCUT2D eigenvalue weighted by atomic mass is 32.1. The molecule has 2 N–H and O–H groups in total. The van der Waals surface area contributed by atoms with Gasteiger partial charge in [-0.15, -0.1) is 16.4 Å². The number of nitrogen functional groups attached to an aromatic ring is 1. The van der Waals surface area contributed by atoms with Crippen molar-refractivity contribution < 1.29 is 8.91 Å². The van der Waals surface area contributed by atoms with E-state index < -0.39 is 5.82 Å². The van der Waals surface area contributed by atoms with Gasteiger partial charge in [0.05, 0.1) is 10.6 Å². The standard InChI is InChI=1S/C14H9FN6OS/c15-8-3-1-4-9(7-8)21-12(16)11(18-20-21)14-17-13(19-22-14)10-5-2-6-23-10/h1-7H,16H2. The molecule has 0 spiro atoms. The molecule has 0 radical (unpaired) electrons. The molecule has 0 saturated carbocycles. The van der Waals surface area contributed by atoms with Gasteiger partial charge < -0.3 is 10.3 Å². The fourth-order valence-corrected chi connectivity index (χ4v) is 2.71. The Balaban J connectivity index is 1.74. The summed E-state index contributed by atoms with van der Waals surface area (Å²) in [5, 5.41) is 13.7. The van der Waals surface area contributed by atoms with Crippen LogP contribution in [0.1, 0.15) is 0 Å². The zero-order valence-electron chi connectivity index (χ0n) is 11.5. The van der Waals surface area contributed by atoms with E-state index in [9.17, 15) is 4.39 Å². The maximum absolute atomic E-state index is 13.3. The molecule has 3 heterocycles. The molecule has 3 aromatic heterocycles. The number of hydrogen-bond acceptors (Lipinski definition) is 7. The van der Waals surface area contributed by atoms with E-state index in [-0.39, 0.29) is 17.4 Å². The number of anilines is 1. The van der Waals surface area contributed by atoms with Gasteiger partial charge in [-0.3, -0.25) is 0 Å². The van der Waals surface area contributed by atoms with Crippen LogP contribution in [-0.4, -0.2) is 25.1 Å². The summed E-state index contributed by atoms with van der Waals surface area (Å²) in [5.41, 5.74) is 6.75. The van der Waals surface area contributed by atoms with E-state index >= 15 is 0 Å². The van der Waals surface area contributed by atoms with E-state index in [2.05, 4.69) is 20.5 Å². The Bertz CT molecular complexity index is 961. The monoisotopic (exact) mass is 328 g/mol. The number of nitrogens with zero attached hydrogens (tertiary/aromatic N) is 5. The van der Waals surface area contributed by atoms with Gasteiger partial charge in [0.2, 0.25) is 5.82 Å². The molecule has 4 rings (SSSR count). The third kappa shape index (κ3) is 2.36. The molecular weight excluding hydrogens is 319 g/mol. The van der Waals surface area contributed by atoms with Gasteiger partial charge in [0.25, 0.3) is 5.89 Å². The van der Waals surface area contributed by atoms with E-state index in [1.54, 1.807) is 12.1 Å². The van der Waals surface area contributed by atoms with E-state index in [1.807, 2.05) is 17.5 Å². The van der Waals surface area contributed by atoms with Gasteiger partial charge in [-0.2, -0.15) is 9.67 Å². The summed E-state index contributed by atoms with van der Waals surface area (Å²) >= 11 is 1.49. The summed E-state index contributed by atoms with van der Waals surface area (Å²) in [7, 11) is 0. The summed E-state index contributed by atoms with van der Waals surface area (Å²) < 4.78 is 19.8. The van der Waals surface area contributed by atoms with Crippen molar-refractivity contribution in [1.29, 1.82) is 0 Å². The number of hydrogen-bond donors (Lipinski definition) is 1. The molecule has 0 unspecified atom stereocenters. The van der Waals surface area contributed by atoms with E-state index in [0.717, 1.165) is 4.88 Å². The van der Waals surface area contributed by atoms with Crippen molar-refractivity contribution in [3.63, 3.8) is 0 Å². The van der Waals surface area contributed by atoms with Crippen molar-refractivity contribution >= 4 is 17.2 Å². The first kappa shape index (κ1) is 13.6. The van der Waals surface area contributed by atoms with Crippen LogP contribution in [0.4, 0.5) is 10.2 Å². The maximum Gasteiger partial charge on any atom is 0.282 e. The van der Waals surface area contributed by atoms with Crippen LogP contribution in [0.15, 0.2) is 46.3 Å². The molecular formula is C14H9FN6OS. The molecule has 0 aliphatic heterocycles. The predicted molar refractivity (Wildman–Crippen MR) is 82.3 cm³/mol. The Morgan fingerprint density at radius 3 is 2.91 bits per heavy atom. The highest BCUT2D eigenvalue weighted by molar-refractivity contribution is 7.13. The molecule has 0 fully saturated rings. The average molecular weight is 328 g/mol. The van der Waals surface area contributed by atoms with Crippen LogP contribution >= 0.6 is 11.3 Å². The van der Waals surface area contributed by atoms with Gasteiger partial charge in [-0.05, 0) is 29.6 Å². The van der Waals surface area contributed by atoms with Gasteiger partial charge in [0.15, 0.2) is 11.5 Å². The summed E-state index contributed by atoms with van der Waals surface area (Å²) in [5.74, 6) is 0.414. The molecule has 23 heavy (non-hydrogen) atoms. The smallest absolute Gasteiger partial charge is 0.282 e. The van der Waals surface area contributed by atoms with Crippen LogP contribution in [0.2, 0.25) is 0 Å². The number of benzene rings is 1. The topological polar surface area (TPSA) is 95.7 Å². The summed E-state index contributed by atoms with van der Waals surface area (Å²) in [6.07, 6.45) is 0. The second-order valence-electron chi connectivity index (χ2n) is 4.62. The molecule has 0 bridgehead atoms. The summed E-state index contributed by atoms with van der Waals surface area (Å²) in [6.45, 7) is 0. The first-order chi connectivity index (χ1) is 11.2. The van der Waals surface area contributed by atoms with Crippen LogP contribution in [0.25, 0.3) is 28.0 Å². The fourth-order valence-electron chi connectivity index (χ4n) is 2.07. The zero-order chi connectivity index (χ0) is 15.8. The lowest BCUT2D eigenvalue weighted by Crippen LogP contribution is -2.02. The van der Waals surface area contributed by atoms with E-state index in [1.165, 1.54) is 28.2 Å². The first-order valence-corrected chi connectivity index (χ1v) is 7.45. The molecule has 0 aliphatic rings. The van der Waals surface area contributed by atoms with Crippen molar-refractivity contribution in [2.75, 3.05) is 5.73 Å². The van der Waals surface area contributed by atoms with Crippen LogP contribution in [-0.2, 0) is 0 Å². The molecule has 114 valence electrons. The van der Waals surface area contributed by atoms with Crippen molar-refractivity contribution in [3.8, 4) is 28.0 Å². The van der Waals surface area contributed by atoms with E-state index in [4.69, 9.17) is 10.3 Å². The van der Waals surface area contributed by atoms with Gasteiger partial charge >= 0.3 is 0 Å². The number of thiophene rings is 1. The Morgan fingerprint density at radius 1 is 1.22 bits per heavy atom. The highest BCUT2D eigenvalue weighted by Crippen LogP contribution is 2.28. The van der Waals surface area contributed by atoms with Crippen LogP contribution < -0.4 is 5.73 Å². The Morgan fingerprint density at radius 2 is 2.13 bits per heavy atom. The third-order valence-electron chi connectivity index (χ3n) is 3.13. The van der Waals surface area contributed by atoms with Gasteiger partial charge in [0, 0.05) is 0 Å². The molecule has 0 amide bonds. The molecule has 0 saturated heterocycles. The van der Waals surface area contributed by atoms with Crippen LogP contribution in [0.3, 0.4) is 0 Å². The predicted octanol–water partition coefficient (Wildman–Crippen LogP) is 2.77. The molecule has 0 aliphatic carbocycles. The summed E-state index contributed by atoms with van der Waals surface area (Å²) in [6, 6.07) is 9.65. The number of aromatic nitrogens is 5. The second-order valence-corrected chi connectivity index (χ2v) is 5.56. The summed E-state index contributed by atoms with van der Waals surface area (Å²) in [4.78, 5) is 5.14.